The highest BCUT2D eigenvalue weighted by Gasteiger charge is 2.52. The molecule has 2 aliphatic heterocycles. The van der Waals surface area contributed by atoms with Gasteiger partial charge in [-0.2, -0.15) is 0 Å². The smallest absolute Gasteiger partial charge is 0.340 e. The summed E-state index contributed by atoms with van der Waals surface area (Å²) in [6.07, 6.45) is -10.4. The van der Waals surface area contributed by atoms with Crippen LogP contribution in [0.3, 0.4) is 0 Å². The number of fused-ring (bicyclic) bond motifs is 4. The lowest BCUT2D eigenvalue weighted by Crippen LogP contribution is -2.62. The van der Waals surface area contributed by atoms with E-state index in [0.29, 0.717) is 11.1 Å². The molecule has 79 heavy (non-hydrogen) atoms. The lowest BCUT2D eigenvalue weighted by Gasteiger charge is -2.45. The summed E-state index contributed by atoms with van der Waals surface area (Å²) in [4.78, 5) is 74.9. The summed E-state index contributed by atoms with van der Waals surface area (Å²) >= 11 is 0. The van der Waals surface area contributed by atoms with E-state index in [1.165, 1.54) is 102 Å². The zero-order valence-corrected chi connectivity index (χ0v) is 45.5. The Hall–Kier alpha value is -6.84. The van der Waals surface area contributed by atoms with Gasteiger partial charge < -0.3 is 75.8 Å². The van der Waals surface area contributed by atoms with Crippen molar-refractivity contribution >= 4 is 23.5 Å². The molecule has 2 heterocycles. The first-order chi connectivity index (χ1) is 38.1. The Labute approximate surface area is 454 Å². The van der Waals surface area contributed by atoms with Gasteiger partial charge in [0.2, 0.25) is 30.4 Å². The Kier molecular flexibility index (Phi) is 18.5. The van der Waals surface area contributed by atoms with Gasteiger partial charge in [0.1, 0.15) is 71.8 Å². The maximum Gasteiger partial charge on any atom is 0.340 e. The number of hydrogen-bond donors (Lipinski definition) is 0. The molecule has 2 aliphatic carbocycles. The second kappa shape index (κ2) is 25.1. The van der Waals surface area contributed by atoms with Gasteiger partial charge in [-0.1, -0.05) is 24.3 Å². The van der Waals surface area contributed by atoms with Gasteiger partial charge in [0.15, 0.2) is 0 Å². The standard InChI is InChI=1S/C55H63NO23/c1-25(79-56(61)62)74-53(60)27-20-31-39(29-16-14-18-33(41(29)45(58)43(31)35(22-27)66-5)76-55-51(72-11)49(70-9)47(68-7)37(78-55)24-64-3)38-28-15-13-17-32(75-54-50(71-10)48(69-8)46(67-6)36(77-54)23-63-2)40(28)44(57)42-30(38)19-26(52(59)73-12)21-34(42)65-4/h13-22,25,36-39,46-51,54-55H,23-24H2,1-12H3/t25?,36-,37+,38+,39+,46-,47+,48+,49-,50-,51+,54-,55+/m0/s1. The first kappa shape index (κ1) is 58.3. The van der Waals surface area contributed by atoms with E-state index in [1.807, 2.05) is 0 Å². The lowest BCUT2D eigenvalue weighted by atomic mass is 9.63. The molecule has 0 bridgehead atoms. The number of benzene rings is 4. The number of carbonyl (C=O) groups excluding carboxylic acids is 4. The minimum atomic E-state index is -1.67. The normalized spacial score (nSPS) is 26.3. The molecule has 4 aromatic carbocycles. The first-order valence-corrected chi connectivity index (χ1v) is 24.8. The minimum Gasteiger partial charge on any atom is -0.496 e. The quantitative estimate of drug-likeness (QED) is 0.0441. The predicted molar refractivity (Wildman–Crippen MR) is 271 cm³/mol. The number of rotatable bonds is 22. The van der Waals surface area contributed by atoms with Crippen LogP contribution in [-0.2, 0) is 61.7 Å². The van der Waals surface area contributed by atoms with Crippen molar-refractivity contribution in [3.63, 3.8) is 0 Å². The molecule has 0 spiro atoms. The topological polar surface area (TPSA) is 268 Å². The zero-order valence-electron chi connectivity index (χ0n) is 45.5. The molecule has 4 aromatic rings. The Balaban J connectivity index is 1.41. The number of ether oxygens (including phenoxy) is 16. The van der Waals surface area contributed by atoms with Gasteiger partial charge in [0.25, 0.3) is 5.09 Å². The van der Waals surface area contributed by atoms with Crippen LogP contribution in [0.5, 0.6) is 23.0 Å². The monoisotopic (exact) mass is 1110 g/mol. The number of esters is 2. The van der Waals surface area contributed by atoms with Crippen LogP contribution in [0.1, 0.15) is 93.6 Å². The van der Waals surface area contributed by atoms with E-state index in [9.17, 15) is 19.7 Å². The van der Waals surface area contributed by atoms with Gasteiger partial charge in [0.05, 0.1) is 67.9 Å². The minimum absolute atomic E-state index is 0.000354. The molecule has 2 fully saturated rings. The molecule has 0 saturated carbocycles. The zero-order chi connectivity index (χ0) is 57.0. The van der Waals surface area contributed by atoms with Crippen LogP contribution in [0.2, 0.25) is 0 Å². The molecule has 426 valence electrons. The molecule has 24 heteroatoms. The van der Waals surface area contributed by atoms with Gasteiger partial charge in [-0.15, -0.1) is 10.1 Å². The van der Waals surface area contributed by atoms with E-state index in [-0.39, 0.29) is 80.7 Å². The summed E-state index contributed by atoms with van der Waals surface area (Å²) in [6.45, 7) is 1.28. The predicted octanol–water partition coefficient (Wildman–Crippen LogP) is 4.84. The molecule has 0 radical (unpaired) electrons. The van der Waals surface area contributed by atoms with Crippen molar-refractivity contribution in [2.45, 2.75) is 86.5 Å². The van der Waals surface area contributed by atoms with Crippen LogP contribution in [0.4, 0.5) is 0 Å². The summed E-state index contributed by atoms with van der Waals surface area (Å²) < 4.78 is 95.4. The Morgan fingerprint density at radius 1 is 0.532 bits per heavy atom. The average Bonchev–Trinajstić information content (AvgIpc) is 3.35. The molecule has 0 N–H and O–H groups in total. The van der Waals surface area contributed by atoms with E-state index in [2.05, 4.69) is 4.84 Å². The first-order valence-electron chi connectivity index (χ1n) is 24.8. The molecule has 24 nitrogen and oxygen atoms in total. The number of methoxy groups -OCH3 is 11. The van der Waals surface area contributed by atoms with Crippen LogP contribution >= 0.6 is 0 Å². The van der Waals surface area contributed by atoms with E-state index in [4.69, 9.17) is 75.8 Å². The largest absolute Gasteiger partial charge is 0.496 e. The van der Waals surface area contributed by atoms with Gasteiger partial charge >= 0.3 is 11.9 Å². The highest BCUT2D eigenvalue weighted by atomic mass is 17.0. The molecule has 2 saturated heterocycles. The van der Waals surface area contributed by atoms with Crippen molar-refractivity contribution in [3.8, 4) is 23.0 Å². The van der Waals surface area contributed by atoms with Crippen molar-refractivity contribution in [2.24, 2.45) is 0 Å². The van der Waals surface area contributed by atoms with E-state index in [1.54, 1.807) is 36.4 Å². The Morgan fingerprint density at radius 2 is 0.924 bits per heavy atom. The van der Waals surface area contributed by atoms with Crippen molar-refractivity contribution in [1.82, 2.24) is 0 Å². The highest BCUT2D eigenvalue weighted by molar-refractivity contribution is 6.18. The second-order valence-corrected chi connectivity index (χ2v) is 18.6. The van der Waals surface area contributed by atoms with Gasteiger partial charge in [0, 0.05) is 68.7 Å². The fourth-order valence-corrected chi connectivity index (χ4v) is 11.3. The number of ketones is 2. The number of nitrogens with zero attached hydrogens (tertiary/aromatic N) is 1. The maximum atomic E-state index is 15.7. The van der Waals surface area contributed by atoms with Crippen LogP contribution in [-0.4, -0.2) is 188 Å². The fourth-order valence-electron chi connectivity index (χ4n) is 11.3. The highest BCUT2D eigenvalue weighted by Crippen LogP contribution is 2.57. The van der Waals surface area contributed by atoms with Crippen LogP contribution in [0.25, 0.3) is 0 Å². The summed E-state index contributed by atoms with van der Waals surface area (Å²) in [7, 11) is 15.7. The van der Waals surface area contributed by atoms with Crippen LogP contribution < -0.4 is 18.9 Å². The Morgan fingerprint density at radius 3 is 1.28 bits per heavy atom. The third-order valence-corrected chi connectivity index (χ3v) is 14.5. The van der Waals surface area contributed by atoms with E-state index >= 15 is 9.59 Å². The summed E-state index contributed by atoms with van der Waals surface area (Å²) in [6, 6.07) is 15.4. The molecule has 13 atom stereocenters. The summed E-state index contributed by atoms with van der Waals surface area (Å²) in [5.74, 6) is -5.45. The lowest BCUT2D eigenvalue weighted by molar-refractivity contribution is -0.777. The van der Waals surface area contributed by atoms with Gasteiger partial charge in [-0.25, -0.2) is 9.59 Å². The van der Waals surface area contributed by atoms with Crippen molar-refractivity contribution in [2.75, 3.05) is 91.4 Å². The molecule has 8 rings (SSSR count). The van der Waals surface area contributed by atoms with Gasteiger partial charge in [-0.05, 0) is 65.6 Å². The molecular weight excluding hydrogens is 1040 g/mol. The van der Waals surface area contributed by atoms with Gasteiger partial charge in [-0.3, -0.25) is 14.4 Å². The maximum absolute atomic E-state index is 15.7. The SMILES string of the molecule is COC[C@@H]1O[C@H](Oc2cccc3c2C(=O)c2c(OC)cc(C(=O)OC)cc2[C@@H]3[C@H]2c3cc(C(=O)OC(C)O[N+](=O)[O-])cc(OC)c3C(=O)c3c(O[C@@H]4O[C@H](COC)[C@@H](OC)[C@H](OC)[C@H]4OC)cccc32)[C@@H](OC)[C@H](OC)[C@H]1OC. The van der Waals surface area contributed by atoms with Crippen LogP contribution in [0, 0.1) is 10.1 Å². The third-order valence-electron chi connectivity index (χ3n) is 14.5. The molecule has 0 amide bonds. The van der Waals surface area contributed by atoms with Crippen molar-refractivity contribution in [1.29, 1.82) is 0 Å². The third kappa shape index (κ3) is 10.8. The van der Waals surface area contributed by atoms with Crippen LogP contribution in [0.15, 0.2) is 60.7 Å². The molecule has 4 aliphatic rings. The average molecular weight is 1110 g/mol. The van der Waals surface area contributed by atoms with E-state index < -0.39 is 108 Å². The summed E-state index contributed by atoms with van der Waals surface area (Å²) in [5.41, 5.74) is 0.771. The van der Waals surface area contributed by atoms with E-state index in [0.717, 1.165) is 6.92 Å². The second-order valence-electron chi connectivity index (χ2n) is 18.6. The Bertz CT molecular complexity index is 2910. The number of hydrogen-bond acceptors (Lipinski definition) is 23. The molecular formula is C55H63NO23. The molecule has 1 unspecified atom stereocenters. The summed E-state index contributed by atoms with van der Waals surface area (Å²) in [5, 5.41) is 10.2. The fraction of sp³-hybridized carbons (Fsp3) is 0.491. The van der Waals surface area contributed by atoms with Crippen molar-refractivity contribution < 1.29 is 105 Å². The van der Waals surface area contributed by atoms with Crippen molar-refractivity contribution in [3.05, 3.63) is 126 Å². The molecule has 0 aromatic heterocycles. The number of carbonyl (C=O) groups is 4.